The summed E-state index contributed by atoms with van der Waals surface area (Å²) in [5.74, 6) is -4.35. The monoisotopic (exact) mass is 521 g/mol. The molecule has 2 aliphatic rings. The lowest BCUT2D eigenvalue weighted by Gasteiger charge is -2.27. The molecule has 1 aromatic carbocycles. The zero-order valence-corrected chi connectivity index (χ0v) is 19.7. The lowest BCUT2D eigenvalue weighted by molar-refractivity contribution is -0.149. The number of aromatic amines is 1. The van der Waals surface area contributed by atoms with Gasteiger partial charge in [-0.15, -0.1) is 5.10 Å². The van der Waals surface area contributed by atoms with Crippen LogP contribution in [0.5, 0.6) is 5.75 Å². The summed E-state index contributed by atoms with van der Waals surface area (Å²) in [5, 5.41) is 10.0. The van der Waals surface area contributed by atoms with E-state index >= 15 is 4.39 Å². The molecule has 0 aliphatic heterocycles. The van der Waals surface area contributed by atoms with Crippen LogP contribution in [0, 0.1) is 11.7 Å². The molecule has 1 atom stereocenters. The number of anilines is 1. The highest BCUT2D eigenvalue weighted by atomic mass is 19.2. The number of carbonyl (C=O) groups excluding carboxylic acids is 1. The Morgan fingerprint density at radius 1 is 1.16 bits per heavy atom. The lowest BCUT2D eigenvalue weighted by atomic mass is 9.87. The molecule has 196 valence electrons. The number of fused-ring (bicyclic) bond motifs is 1. The van der Waals surface area contributed by atoms with E-state index in [1.54, 1.807) is 13.0 Å². The van der Waals surface area contributed by atoms with Gasteiger partial charge in [0.1, 0.15) is 17.2 Å². The average molecular weight is 521 g/mol. The first-order valence-electron chi connectivity index (χ1n) is 11.9. The van der Waals surface area contributed by atoms with E-state index in [9.17, 15) is 18.0 Å². The van der Waals surface area contributed by atoms with Crippen molar-refractivity contribution in [1.82, 2.24) is 20.2 Å². The molecule has 0 amide bonds. The minimum Gasteiger partial charge on any atom is -0.487 e. The summed E-state index contributed by atoms with van der Waals surface area (Å²) in [4.78, 5) is 18.9. The van der Waals surface area contributed by atoms with Gasteiger partial charge >= 0.3 is 12.0 Å². The van der Waals surface area contributed by atoms with Crippen LogP contribution in [0.3, 0.4) is 0 Å². The highest BCUT2D eigenvalue weighted by Gasteiger charge is 2.29. The van der Waals surface area contributed by atoms with E-state index in [0.29, 0.717) is 38.4 Å². The first-order valence-corrected chi connectivity index (χ1v) is 11.9. The molecule has 37 heavy (non-hydrogen) atoms. The molecule has 0 saturated heterocycles. The number of allylic oxidation sites excluding steroid dienone is 2. The summed E-state index contributed by atoms with van der Waals surface area (Å²) in [6.07, 6.45) is 2.04. The molecule has 13 heteroatoms. The van der Waals surface area contributed by atoms with Crippen LogP contribution in [0.1, 0.15) is 39.0 Å². The number of nitrogens with zero attached hydrogens (tertiary/aromatic N) is 3. The van der Waals surface area contributed by atoms with Crippen molar-refractivity contribution in [2.75, 3.05) is 11.9 Å². The average Bonchev–Trinajstić information content (AvgIpc) is 3.52. The van der Waals surface area contributed by atoms with Gasteiger partial charge in [0.25, 0.3) is 5.89 Å². The maximum absolute atomic E-state index is 15.2. The molecular formula is C24H23F4N5O4. The SMILES string of the molecule is CCOC(=O)[C@H]1CC[C@H](Oc2ccc3nc(-c4nnc(NC5CC(F)=C(F)C=C5F)o4)[nH]c3c2F)CC1. The van der Waals surface area contributed by atoms with Crippen molar-refractivity contribution >= 4 is 23.0 Å². The maximum Gasteiger partial charge on any atom is 0.316 e. The normalized spacial score (nSPS) is 22.2. The summed E-state index contributed by atoms with van der Waals surface area (Å²) < 4.78 is 72.2. The zero-order chi connectivity index (χ0) is 26.1. The van der Waals surface area contributed by atoms with E-state index in [2.05, 4.69) is 25.5 Å². The second-order valence-corrected chi connectivity index (χ2v) is 8.80. The van der Waals surface area contributed by atoms with E-state index in [-0.39, 0.29) is 52.5 Å². The standard InChI is InChI=1S/C24H23F4N5O4/c1-2-35-23(34)11-3-5-12(6-4-11)36-18-8-7-16-20(19(18)28)31-21(29-16)22-32-33-24(37-22)30-17-10-14(26)13(25)9-15(17)27/h7-9,11-12,17H,2-6,10H2,1H3,(H,29,31)(H,30,33)/t11-,12-,17?. The van der Waals surface area contributed by atoms with Crippen LogP contribution in [0.2, 0.25) is 0 Å². The lowest BCUT2D eigenvalue weighted by Crippen LogP contribution is -2.29. The molecule has 2 heterocycles. The van der Waals surface area contributed by atoms with Crippen LogP contribution in [-0.4, -0.2) is 44.9 Å². The molecule has 2 N–H and O–H groups in total. The third kappa shape index (κ3) is 5.16. The van der Waals surface area contributed by atoms with Crippen LogP contribution in [0.4, 0.5) is 23.6 Å². The molecule has 0 radical (unpaired) electrons. The Morgan fingerprint density at radius 2 is 1.95 bits per heavy atom. The fourth-order valence-electron chi connectivity index (χ4n) is 4.39. The van der Waals surface area contributed by atoms with Crippen molar-refractivity contribution in [3.8, 4) is 17.5 Å². The highest BCUT2D eigenvalue weighted by molar-refractivity contribution is 5.80. The smallest absolute Gasteiger partial charge is 0.316 e. The molecule has 0 bridgehead atoms. The minimum atomic E-state index is -1.27. The molecule has 5 rings (SSSR count). The van der Waals surface area contributed by atoms with Crippen molar-refractivity contribution < 1.29 is 36.2 Å². The van der Waals surface area contributed by atoms with Crippen LogP contribution in [0.15, 0.2) is 40.1 Å². The number of halogens is 4. The van der Waals surface area contributed by atoms with Crippen LogP contribution < -0.4 is 10.1 Å². The Hall–Kier alpha value is -3.90. The third-order valence-corrected chi connectivity index (χ3v) is 6.31. The Kier molecular flexibility index (Phi) is 6.85. The second-order valence-electron chi connectivity index (χ2n) is 8.80. The Balaban J connectivity index is 1.26. The van der Waals surface area contributed by atoms with E-state index in [0.717, 1.165) is 0 Å². The Bertz CT molecular complexity index is 1380. The van der Waals surface area contributed by atoms with Crippen LogP contribution in [0.25, 0.3) is 22.7 Å². The molecule has 9 nitrogen and oxygen atoms in total. The number of ether oxygens (including phenoxy) is 2. The van der Waals surface area contributed by atoms with Crippen molar-refractivity contribution in [1.29, 1.82) is 0 Å². The number of aromatic nitrogens is 4. The fraction of sp³-hybridized carbons (Fsp3) is 0.417. The minimum absolute atomic E-state index is 0.0389. The van der Waals surface area contributed by atoms with Gasteiger partial charge in [0.05, 0.1) is 30.2 Å². The number of carbonyl (C=O) groups is 1. The summed E-state index contributed by atoms with van der Waals surface area (Å²) in [6.45, 7) is 2.10. The number of H-pyrrole nitrogens is 1. The predicted octanol–water partition coefficient (Wildman–Crippen LogP) is 5.44. The van der Waals surface area contributed by atoms with Gasteiger partial charge in [0.2, 0.25) is 0 Å². The first-order chi connectivity index (χ1) is 17.8. The molecule has 1 unspecified atom stereocenters. The topological polar surface area (TPSA) is 115 Å². The van der Waals surface area contributed by atoms with Gasteiger partial charge < -0.3 is 24.2 Å². The van der Waals surface area contributed by atoms with E-state index < -0.39 is 35.8 Å². The van der Waals surface area contributed by atoms with Crippen LogP contribution in [-0.2, 0) is 9.53 Å². The van der Waals surface area contributed by atoms with Gasteiger partial charge in [-0.3, -0.25) is 4.79 Å². The molecule has 2 aliphatic carbocycles. The number of rotatable bonds is 7. The van der Waals surface area contributed by atoms with Crippen molar-refractivity contribution in [3.63, 3.8) is 0 Å². The van der Waals surface area contributed by atoms with Crippen LogP contribution >= 0.6 is 0 Å². The predicted molar refractivity (Wildman–Crippen MR) is 123 cm³/mol. The van der Waals surface area contributed by atoms with Crippen molar-refractivity contribution in [2.45, 2.75) is 51.2 Å². The first kappa shape index (κ1) is 24.8. The zero-order valence-electron chi connectivity index (χ0n) is 19.7. The fourth-order valence-corrected chi connectivity index (χ4v) is 4.39. The summed E-state index contributed by atoms with van der Waals surface area (Å²) >= 11 is 0. The van der Waals surface area contributed by atoms with E-state index in [1.807, 2.05) is 0 Å². The Morgan fingerprint density at radius 3 is 2.70 bits per heavy atom. The van der Waals surface area contributed by atoms with Crippen molar-refractivity contribution in [2.24, 2.45) is 5.92 Å². The molecule has 2 aromatic heterocycles. The summed E-state index contributed by atoms with van der Waals surface area (Å²) in [7, 11) is 0. The van der Waals surface area contributed by atoms with Gasteiger partial charge in [0, 0.05) is 12.5 Å². The third-order valence-electron chi connectivity index (χ3n) is 6.31. The van der Waals surface area contributed by atoms with E-state index in [4.69, 9.17) is 13.9 Å². The van der Waals surface area contributed by atoms with Crippen molar-refractivity contribution in [3.05, 3.63) is 41.5 Å². The number of hydrogen-bond donors (Lipinski definition) is 2. The summed E-state index contributed by atoms with van der Waals surface area (Å²) in [6, 6.07) is 1.58. The molecule has 3 aromatic rings. The largest absolute Gasteiger partial charge is 0.487 e. The number of imidazole rings is 1. The molecular weight excluding hydrogens is 498 g/mol. The van der Waals surface area contributed by atoms with Gasteiger partial charge in [-0.05, 0) is 44.7 Å². The second kappa shape index (κ2) is 10.2. The number of hydrogen-bond acceptors (Lipinski definition) is 8. The quantitative estimate of drug-likeness (QED) is 0.312. The van der Waals surface area contributed by atoms with Gasteiger partial charge in [-0.2, -0.15) is 0 Å². The van der Waals surface area contributed by atoms with E-state index in [1.165, 1.54) is 6.07 Å². The Labute approximate surface area is 207 Å². The molecule has 0 spiro atoms. The van der Waals surface area contributed by atoms with Gasteiger partial charge in [-0.25, -0.2) is 22.5 Å². The molecule has 1 fully saturated rings. The van der Waals surface area contributed by atoms with Gasteiger partial charge in [-0.1, -0.05) is 5.10 Å². The number of nitrogens with one attached hydrogen (secondary N) is 2. The number of esters is 1. The number of benzene rings is 1. The highest BCUT2D eigenvalue weighted by Crippen LogP contribution is 2.33. The van der Waals surface area contributed by atoms with Gasteiger partial charge in [0.15, 0.2) is 23.2 Å². The molecule has 1 saturated carbocycles. The maximum atomic E-state index is 15.2. The summed E-state index contributed by atoms with van der Waals surface area (Å²) in [5.41, 5.74) is 0.340.